The molecular formula is C25H25N3O4. The Balaban J connectivity index is 1.48. The van der Waals surface area contributed by atoms with Crippen molar-refractivity contribution in [1.29, 1.82) is 0 Å². The number of aromatic nitrogens is 1. The summed E-state index contributed by atoms with van der Waals surface area (Å²) in [7, 11) is 0. The maximum Gasteiger partial charge on any atom is 0.345 e. The van der Waals surface area contributed by atoms with Gasteiger partial charge >= 0.3 is 5.63 Å². The highest BCUT2D eigenvalue weighted by Gasteiger charge is 2.21. The van der Waals surface area contributed by atoms with Crippen molar-refractivity contribution in [3.8, 4) is 17.0 Å². The number of β-amino-alcohol motifs (C(OH)–C–C–N with tert-alkyl or cyclic N) is 1. The Hall–Kier alpha value is -3.26. The first-order chi connectivity index (χ1) is 15.6. The molecule has 7 nitrogen and oxygen atoms in total. The van der Waals surface area contributed by atoms with E-state index < -0.39 is 5.63 Å². The zero-order chi connectivity index (χ0) is 22.1. The molecule has 164 valence electrons. The number of para-hydroxylation sites is 1. The number of aliphatic hydroxyl groups is 1. The number of rotatable bonds is 5. The average Bonchev–Trinajstić information content (AvgIpc) is 2.82. The van der Waals surface area contributed by atoms with Crippen molar-refractivity contribution >= 4 is 21.9 Å². The van der Waals surface area contributed by atoms with Gasteiger partial charge in [0.1, 0.15) is 11.3 Å². The maximum absolute atomic E-state index is 12.9. The fraction of sp³-hybridized carbons (Fsp3) is 0.280. The van der Waals surface area contributed by atoms with Crippen molar-refractivity contribution < 1.29 is 14.6 Å². The molecule has 1 aliphatic heterocycles. The Bertz CT molecular complexity index is 1330. The monoisotopic (exact) mass is 431 g/mol. The summed E-state index contributed by atoms with van der Waals surface area (Å²) in [5.74, 6) is 0.120. The van der Waals surface area contributed by atoms with E-state index in [1.54, 1.807) is 18.2 Å². The minimum atomic E-state index is -0.472. The molecular weight excluding hydrogens is 406 g/mol. The molecule has 4 aromatic rings. The van der Waals surface area contributed by atoms with E-state index in [0.717, 1.165) is 42.5 Å². The van der Waals surface area contributed by atoms with Gasteiger partial charge in [-0.2, -0.15) is 0 Å². The molecule has 1 fully saturated rings. The summed E-state index contributed by atoms with van der Waals surface area (Å²) in [6, 6.07) is 16.7. The molecule has 0 spiro atoms. The second kappa shape index (κ2) is 8.70. The van der Waals surface area contributed by atoms with Crippen molar-refractivity contribution in [2.75, 3.05) is 39.3 Å². The summed E-state index contributed by atoms with van der Waals surface area (Å²) >= 11 is 0. The van der Waals surface area contributed by atoms with E-state index >= 15 is 0 Å². The number of aromatic hydroxyl groups is 1. The summed E-state index contributed by atoms with van der Waals surface area (Å²) in [6.07, 6.45) is 0. The number of piperazine rings is 1. The standard InChI is InChI=1S/C25H25N3O4/c29-14-13-27-9-11-28(12-10-27)16-20-23(30)8-6-18-15-19(25(31)32-24(18)20)22-7-5-17-3-1-2-4-21(17)26-22/h1-8,15,29-30H,9-14,16H2. The van der Waals surface area contributed by atoms with Crippen molar-refractivity contribution in [1.82, 2.24) is 14.8 Å². The molecule has 2 aromatic heterocycles. The molecule has 0 unspecified atom stereocenters. The zero-order valence-corrected chi connectivity index (χ0v) is 17.7. The van der Waals surface area contributed by atoms with Gasteiger partial charge in [-0.05, 0) is 30.3 Å². The molecule has 5 rings (SSSR count). The number of phenols is 1. The van der Waals surface area contributed by atoms with Crippen molar-refractivity contribution in [2.24, 2.45) is 0 Å². The maximum atomic E-state index is 12.9. The summed E-state index contributed by atoms with van der Waals surface area (Å²) in [5, 5.41) is 21.4. The van der Waals surface area contributed by atoms with Crippen LogP contribution in [0.25, 0.3) is 33.1 Å². The van der Waals surface area contributed by atoms with Crippen molar-refractivity contribution in [3.05, 3.63) is 70.6 Å². The normalized spacial score (nSPS) is 15.5. The summed E-state index contributed by atoms with van der Waals surface area (Å²) in [6.45, 7) is 4.67. The Kier molecular flexibility index (Phi) is 5.61. The SMILES string of the molecule is O=c1oc2c(CN3CCN(CCO)CC3)c(O)ccc2cc1-c1ccc2ccccc2n1. The summed E-state index contributed by atoms with van der Waals surface area (Å²) in [5.41, 5.74) is 2.34. The van der Waals surface area contributed by atoms with Gasteiger partial charge in [-0.15, -0.1) is 0 Å². The van der Waals surface area contributed by atoms with Gasteiger partial charge in [0.15, 0.2) is 0 Å². The number of fused-ring (bicyclic) bond motifs is 2. The van der Waals surface area contributed by atoms with E-state index in [1.807, 2.05) is 36.4 Å². The number of phenolic OH excluding ortho intramolecular Hbond substituents is 1. The first kappa shape index (κ1) is 20.6. The van der Waals surface area contributed by atoms with Gasteiger partial charge < -0.3 is 14.6 Å². The van der Waals surface area contributed by atoms with Crippen LogP contribution in [0.1, 0.15) is 5.56 Å². The Morgan fingerprint density at radius 2 is 1.69 bits per heavy atom. The molecule has 0 amide bonds. The fourth-order valence-corrected chi connectivity index (χ4v) is 4.32. The van der Waals surface area contributed by atoms with Crippen LogP contribution in [0.3, 0.4) is 0 Å². The Morgan fingerprint density at radius 3 is 2.50 bits per heavy atom. The average molecular weight is 431 g/mol. The second-order valence-corrected chi connectivity index (χ2v) is 8.16. The van der Waals surface area contributed by atoms with Crippen LogP contribution in [0.4, 0.5) is 0 Å². The lowest BCUT2D eigenvalue weighted by atomic mass is 10.1. The molecule has 3 heterocycles. The molecule has 32 heavy (non-hydrogen) atoms. The minimum Gasteiger partial charge on any atom is -0.507 e. The van der Waals surface area contributed by atoms with Crippen LogP contribution in [0, 0.1) is 0 Å². The van der Waals surface area contributed by atoms with E-state index in [9.17, 15) is 9.90 Å². The zero-order valence-electron chi connectivity index (χ0n) is 17.7. The number of nitrogens with zero attached hydrogens (tertiary/aromatic N) is 3. The lowest BCUT2D eigenvalue weighted by Crippen LogP contribution is -2.46. The third-order valence-corrected chi connectivity index (χ3v) is 6.12. The molecule has 0 radical (unpaired) electrons. The highest BCUT2D eigenvalue weighted by Crippen LogP contribution is 2.30. The molecule has 1 saturated heterocycles. The number of benzene rings is 2. The Labute approximate surface area is 185 Å². The summed E-state index contributed by atoms with van der Waals surface area (Å²) in [4.78, 5) is 22.0. The molecule has 0 atom stereocenters. The van der Waals surface area contributed by atoms with Gasteiger partial charge in [0.05, 0.1) is 28.9 Å². The lowest BCUT2D eigenvalue weighted by Gasteiger charge is -2.34. The van der Waals surface area contributed by atoms with E-state index in [0.29, 0.717) is 35.5 Å². The molecule has 2 aromatic carbocycles. The summed E-state index contributed by atoms with van der Waals surface area (Å²) < 4.78 is 5.75. The largest absolute Gasteiger partial charge is 0.507 e. The van der Waals surface area contributed by atoms with E-state index in [1.165, 1.54) is 0 Å². The van der Waals surface area contributed by atoms with Gasteiger partial charge in [-0.3, -0.25) is 9.80 Å². The number of aliphatic hydroxyl groups excluding tert-OH is 1. The van der Waals surface area contributed by atoms with Crippen LogP contribution in [0.2, 0.25) is 0 Å². The first-order valence-electron chi connectivity index (χ1n) is 10.8. The smallest absolute Gasteiger partial charge is 0.345 e. The van der Waals surface area contributed by atoms with Crippen LogP contribution >= 0.6 is 0 Å². The van der Waals surface area contributed by atoms with E-state index in [4.69, 9.17) is 9.52 Å². The molecule has 1 aliphatic rings. The van der Waals surface area contributed by atoms with Crippen molar-refractivity contribution in [2.45, 2.75) is 6.54 Å². The predicted molar refractivity (Wildman–Crippen MR) is 124 cm³/mol. The molecule has 7 heteroatoms. The predicted octanol–water partition coefficient (Wildman–Crippen LogP) is 2.82. The quantitative estimate of drug-likeness (QED) is 0.470. The van der Waals surface area contributed by atoms with Gasteiger partial charge in [-0.1, -0.05) is 24.3 Å². The molecule has 0 bridgehead atoms. The van der Waals surface area contributed by atoms with Crippen LogP contribution < -0.4 is 5.63 Å². The molecule has 0 saturated carbocycles. The topological polar surface area (TPSA) is 90.0 Å². The lowest BCUT2D eigenvalue weighted by molar-refractivity contribution is 0.108. The van der Waals surface area contributed by atoms with Crippen molar-refractivity contribution in [3.63, 3.8) is 0 Å². The molecule has 2 N–H and O–H groups in total. The van der Waals surface area contributed by atoms with Crippen LogP contribution in [-0.4, -0.2) is 64.3 Å². The van der Waals surface area contributed by atoms with Gasteiger partial charge in [0, 0.05) is 50.0 Å². The van der Waals surface area contributed by atoms with Gasteiger partial charge in [0.2, 0.25) is 0 Å². The number of hydrogen-bond acceptors (Lipinski definition) is 7. The second-order valence-electron chi connectivity index (χ2n) is 8.16. The van der Waals surface area contributed by atoms with Crippen LogP contribution in [0.15, 0.2) is 63.8 Å². The third kappa shape index (κ3) is 3.98. The number of hydrogen-bond donors (Lipinski definition) is 2. The molecule has 0 aliphatic carbocycles. The van der Waals surface area contributed by atoms with Crippen LogP contribution in [0.5, 0.6) is 5.75 Å². The fourth-order valence-electron chi connectivity index (χ4n) is 4.32. The highest BCUT2D eigenvalue weighted by atomic mass is 16.4. The third-order valence-electron chi connectivity index (χ3n) is 6.12. The van der Waals surface area contributed by atoms with E-state index in [2.05, 4.69) is 14.8 Å². The van der Waals surface area contributed by atoms with E-state index in [-0.39, 0.29) is 12.4 Å². The van der Waals surface area contributed by atoms with Gasteiger partial charge in [-0.25, -0.2) is 9.78 Å². The highest BCUT2D eigenvalue weighted by molar-refractivity contribution is 5.87. The number of pyridine rings is 1. The van der Waals surface area contributed by atoms with Crippen LogP contribution in [-0.2, 0) is 6.54 Å². The Morgan fingerprint density at radius 1 is 0.938 bits per heavy atom. The minimum absolute atomic E-state index is 0.120. The van der Waals surface area contributed by atoms with Gasteiger partial charge in [0.25, 0.3) is 0 Å². The first-order valence-corrected chi connectivity index (χ1v) is 10.8.